The molecule has 0 N–H and O–H groups in total. The van der Waals surface area contributed by atoms with E-state index >= 15 is 0 Å². The van der Waals surface area contributed by atoms with Gasteiger partial charge in [-0.1, -0.05) is 138 Å². The monoisotopic (exact) mass is 380 g/mol. The van der Waals surface area contributed by atoms with E-state index < -0.39 is 0 Å². The van der Waals surface area contributed by atoms with Crippen molar-refractivity contribution in [3.05, 3.63) is 0 Å². The Balaban J connectivity index is 0.000000391. The number of hydrogen-bond acceptors (Lipinski definition) is 0. The van der Waals surface area contributed by atoms with E-state index in [1.165, 1.54) is 77.0 Å². The number of rotatable bonds is 2. The topological polar surface area (TPSA) is 0 Å². The summed E-state index contributed by atoms with van der Waals surface area (Å²) in [4.78, 5) is 0. The standard InChI is InChI=1S/C11H20.C10H20.2C3H8/c1-9-5-4-7-10-6-2-3-8-11(9)10;1-3-4-10-7-5-9(2)6-8-10;2*1-3-2/h9-11H,2-8H2,1H3;9-10H,3-8H2,1-2H3;2*3H2,1-2H3. The zero-order valence-corrected chi connectivity index (χ0v) is 20.5. The van der Waals surface area contributed by atoms with Gasteiger partial charge in [0.2, 0.25) is 0 Å². The molecule has 3 aliphatic rings. The molecule has 0 bridgehead atoms. The lowest BCUT2D eigenvalue weighted by molar-refractivity contribution is 0.114. The third-order valence-corrected chi connectivity index (χ3v) is 6.77. The molecule has 0 spiro atoms. The fourth-order valence-electron chi connectivity index (χ4n) is 5.29. The normalized spacial score (nSPS) is 32.3. The predicted molar refractivity (Wildman–Crippen MR) is 126 cm³/mol. The molecule has 164 valence electrons. The van der Waals surface area contributed by atoms with Gasteiger partial charge in [0.25, 0.3) is 0 Å². The third kappa shape index (κ3) is 13.0. The lowest BCUT2D eigenvalue weighted by Crippen LogP contribution is -2.29. The van der Waals surface area contributed by atoms with Gasteiger partial charge >= 0.3 is 0 Å². The second-order valence-corrected chi connectivity index (χ2v) is 9.95. The highest BCUT2D eigenvalue weighted by Gasteiger charge is 2.31. The van der Waals surface area contributed by atoms with Crippen molar-refractivity contribution in [1.82, 2.24) is 0 Å². The van der Waals surface area contributed by atoms with Crippen molar-refractivity contribution in [2.24, 2.45) is 29.6 Å². The molecule has 0 amide bonds. The summed E-state index contributed by atoms with van der Waals surface area (Å²) in [7, 11) is 0. The minimum Gasteiger partial charge on any atom is -0.0656 e. The van der Waals surface area contributed by atoms with E-state index in [-0.39, 0.29) is 0 Å². The van der Waals surface area contributed by atoms with Crippen LogP contribution in [0.15, 0.2) is 0 Å². The summed E-state index contributed by atoms with van der Waals surface area (Å²) in [6.45, 7) is 15.7. The van der Waals surface area contributed by atoms with Crippen LogP contribution in [0.2, 0.25) is 0 Å². The zero-order chi connectivity index (χ0) is 20.5. The fraction of sp³-hybridized carbons (Fsp3) is 1.00. The molecule has 0 heteroatoms. The van der Waals surface area contributed by atoms with Gasteiger partial charge < -0.3 is 0 Å². The van der Waals surface area contributed by atoms with Gasteiger partial charge in [-0.15, -0.1) is 0 Å². The number of hydrogen-bond donors (Lipinski definition) is 0. The van der Waals surface area contributed by atoms with Crippen LogP contribution in [0.4, 0.5) is 0 Å². The molecule has 3 atom stereocenters. The van der Waals surface area contributed by atoms with E-state index in [9.17, 15) is 0 Å². The largest absolute Gasteiger partial charge is 0.0656 e. The van der Waals surface area contributed by atoms with Crippen molar-refractivity contribution in [2.75, 3.05) is 0 Å². The highest BCUT2D eigenvalue weighted by Crippen LogP contribution is 2.43. The van der Waals surface area contributed by atoms with Crippen LogP contribution in [0, 0.1) is 29.6 Å². The molecule has 0 radical (unpaired) electrons. The highest BCUT2D eigenvalue weighted by molar-refractivity contribution is 4.82. The first-order valence-corrected chi connectivity index (χ1v) is 13.0. The van der Waals surface area contributed by atoms with E-state index in [2.05, 4.69) is 48.5 Å². The fourth-order valence-corrected chi connectivity index (χ4v) is 5.29. The Morgan fingerprint density at radius 2 is 1.11 bits per heavy atom. The smallest absolute Gasteiger partial charge is 0.0360 e. The highest BCUT2D eigenvalue weighted by atomic mass is 14.4. The molecule has 0 aromatic carbocycles. The first-order valence-electron chi connectivity index (χ1n) is 13.0. The minimum absolute atomic E-state index is 1.02. The summed E-state index contributed by atoms with van der Waals surface area (Å²) in [5.74, 6) is 5.41. The Morgan fingerprint density at radius 1 is 0.593 bits per heavy atom. The Kier molecular flexibility index (Phi) is 18.1. The molecular weight excluding hydrogens is 324 g/mol. The van der Waals surface area contributed by atoms with Crippen LogP contribution < -0.4 is 0 Å². The quantitative estimate of drug-likeness (QED) is 0.447. The molecule has 0 saturated heterocycles. The van der Waals surface area contributed by atoms with Crippen LogP contribution in [0.5, 0.6) is 0 Å². The number of fused-ring (bicyclic) bond motifs is 1. The summed E-state index contributed by atoms with van der Waals surface area (Å²) < 4.78 is 0. The van der Waals surface area contributed by atoms with Gasteiger partial charge in [-0.25, -0.2) is 0 Å². The molecule has 3 unspecified atom stereocenters. The minimum atomic E-state index is 1.02. The molecule has 27 heavy (non-hydrogen) atoms. The molecule has 3 fully saturated rings. The Morgan fingerprint density at radius 3 is 1.63 bits per heavy atom. The Labute approximate surface area is 174 Å². The van der Waals surface area contributed by atoms with Gasteiger partial charge in [-0.2, -0.15) is 0 Å². The zero-order valence-electron chi connectivity index (χ0n) is 20.5. The summed E-state index contributed by atoms with van der Waals surface area (Å²) in [5.41, 5.74) is 0. The summed E-state index contributed by atoms with van der Waals surface area (Å²) >= 11 is 0. The maximum absolute atomic E-state index is 2.47. The van der Waals surface area contributed by atoms with E-state index in [1.807, 2.05) is 0 Å². The molecule has 3 saturated carbocycles. The second-order valence-electron chi connectivity index (χ2n) is 9.95. The van der Waals surface area contributed by atoms with Crippen molar-refractivity contribution in [2.45, 2.75) is 145 Å². The average Bonchev–Trinajstić information content (AvgIpc) is 2.66. The van der Waals surface area contributed by atoms with Crippen LogP contribution in [-0.2, 0) is 0 Å². The first kappa shape index (κ1) is 27.0. The van der Waals surface area contributed by atoms with E-state index in [4.69, 9.17) is 0 Å². The molecule has 0 aromatic rings. The van der Waals surface area contributed by atoms with Crippen molar-refractivity contribution < 1.29 is 0 Å². The Bertz CT molecular complexity index is 282. The molecule has 3 rings (SSSR count). The summed E-state index contributed by atoms with van der Waals surface area (Å²) in [6.07, 6.45) is 22.1. The molecule has 0 nitrogen and oxygen atoms in total. The van der Waals surface area contributed by atoms with Gasteiger partial charge in [0.1, 0.15) is 0 Å². The molecular formula is C27H56. The molecule has 0 aliphatic heterocycles. The second kappa shape index (κ2) is 18.1. The predicted octanol–water partition coefficient (Wildman–Crippen LogP) is 10.1. The van der Waals surface area contributed by atoms with E-state index in [0.717, 1.165) is 29.6 Å². The van der Waals surface area contributed by atoms with Gasteiger partial charge in [0, 0.05) is 0 Å². The average molecular weight is 381 g/mol. The third-order valence-electron chi connectivity index (χ3n) is 6.77. The summed E-state index contributed by atoms with van der Waals surface area (Å²) in [6, 6.07) is 0. The maximum Gasteiger partial charge on any atom is -0.0360 e. The van der Waals surface area contributed by atoms with Crippen LogP contribution >= 0.6 is 0 Å². The van der Waals surface area contributed by atoms with Crippen LogP contribution in [0.25, 0.3) is 0 Å². The van der Waals surface area contributed by atoms with Crippen molar-refractivity contribution in [3.8, 4) is 0 Å². The molecule has 3 aliphatic carbocycles. The van der Waals surface area contributed by atoms with Crippen molar-refractivity contribution in [1.29, 1.82) is 0 Å². The Hall–Kier alpha value is 0. The van der Waals surface area contributed by atoms with Crippen LogP contribution in [-0.4, -0.2) is 0 Å². The van der Waals surface area contributed by atoms with Crippen LogP contribution in [0.3, 0.4) is 0 Å². The van der Waals surface area contributed by atoms with Gasteiger partial charge in [0.05, 0.1) is 0 Å². The molecule has 0 aromatic heterocycles. The van der Waals surface area contributed by atoms with Gasteiger partial charge in [0.15, 0.2) is 0 Å². The van der Waals surface area contributed by atoms with Crippen molar-refractivity contribution >= 4 is 0 Å². The summed E-state index contributed by atoms with van der Waals surface area (Å²) in [5, 5.41) is 0. The van der Waals surface area contributed by atoms with Crippen LogP contribution in [0.1, 0.15) is 145 Å². The van der Waals surface area contributed by atoms with Crippen molar-refractivity contribution in [3.63, 3.8) is 0 Å². The van der Waals surface area contributed by atoms with Gasteiger partial charge in [-0.05, 0) is 36.0 Å². The van der Waals surface area contributed by atoms with E-state index in [0.29, 0.717) is 0 Å². The lowest BCUT2D eigenvalue weighted by atomic mass is 9.66. The molecule has 0 heterocycles. The maximum atomic E-state index is 2.47. The van der Waals surface area contributed by atoms with E-state index in [1.54, 1.807) is 19.3 Å². The first-order chi connectivity index (χ1) is 13.0. The lowest BCUT2D eigenvalue weighted by Gasteiger charge is -2.39. The van der Waals surface area contributed by atoms with Gasteiger partial charge in [-0.3, -0.25) is 0 Å². The SMILES string of the molecule is CC1CCCC2CCCCC12.CCC.CCC.CCCC1CCC(C)CC1.